The van der Waals surface area contributed by atoms with Crippen molar-refractivity contribution in [1.29, 1.82) is 0 Å². The monoisotopic (exact) mass is 382 g/mol. The summed E-state index contributed by atoms with van der Waals surface area (Å²) in [6, 6.07) is 15.4. The van der Waals surface area contributed by atoms with Crippen molar-refractivity contribution in [3.05, 3.63) is 71.0 Å². The van der Waals surface area contributed by atoms with Gasteiger partial charge in [-0.1, -0.05) is 18.2 Å². The maximum Gasteiger partial charge on any atom is 0.437 e. The van der Waals surface area contributed by atoms with Gasteiger partial charge in [0.2, 0.25) is 11.8 Å². The number of nitrogens with zero attached hydrogens (tertiary/aromatic N) is 4. The number of hydrogen-bond donors (Lipinski definition) is 0. The van der Waals surface area contributed by atoms with Gasteiger partial charge in [0.1, 0.15) is 12.4 Å². The molecule has 1 saturated heterocycles. The number of amides is 1. The summed E-state index contributed by atoms with van der Waals surface area (Å²) in [5, 5.41) is 4.13. The molecule has 144 valence electrons. The number of anilines is 1. The van der Waals surface area contributed by atoms with Gasteiger partial charge in [0.15, 0.2) is 0 Å². The Kier molecular flexibility index (Phi) is 4.92. The molecule has 0 spiro atoms. The highest BCUT2D eigenvalue weighted by Gasteiger charge is 2.23. The van der Waals surface area contributed by atoms with Crippen LogP contribution in [0.15, 0.2) is 63.8 Å². The molecule has 1 aliphatic rings. The Bertz CT molecular complexity index is 1010. The summed E-state index contributed by atoms with van der Waals surface area (Å²) < 4.78 is 19.3. The molecule has 1 amide bonds. The van der Waals surface area contributed by atoms with Gasteiger partial charge in [-0.25, -0.2) is 9.18 Å². The molecule has 3 aromatic rings. The first-order valence-corrected chi connectivity index (χ1v) is 9.02. The van der Waals surface area contributed by atoms with Crippen LogP contribution in [0, 0.1) is 5.82 Å². The van der Waals surface area contributed by atoms with Crippen LogP contribution < -0.4 is 10.7 Å². The highest BCUT2D eigenvalue weighted by Crippen LogP contribution is 2.17. The van der Waals surface area contributed by atoms with E-state index in [2.05, 4.69) is 10.00 Å². The zero-order chi connectivity index (χ0) is 19.5. The summed E-state index contributed by atoms with van der Waals surface area (Å²) in [5.41, 5.74) is 1.60. The Morgan fingerprint density at radius 2 is 1.68 bits per heavy atom. The number of halogens is 1. The van der Waals surface area contributed by atoms with E-state index in [1.165, 1.54) is 12.1 Å². The number of carbonyl (C=O) groups excluding carboxylic acids is 1. The van der Waals surface area contributed by atoms with Crippen LogP contribution in [0.4, 0.5) is 10.1 Å². The topological polar surface area (TPSA) is 71.6 Å². The van der Waals surface area contributed by atoms with Crippen molar-refractivity contribution < 1.29 is 13.6 Å². The minimum atomic E-state index is -0.655. The van der Waals surface area contributed by atoms with Gasteiger partial charge in [0.25, 0.3) is 0 Å². The zero-order valence-electron chi connectivity index (χ0n) is 15.1. The van der Waals surface area contributed by atoms with Crippen LogP contribution in [0.5, 0.6) is 0 Å². The molecular formula is C20H19FN4O3. The molecule has 0 N–H and O–H groups in total. The van der Waals surface area contributed by atoms with Crippen LogP contribution in [0.3, 0.4) is 0 Å². The Labute approximate surface area is 160 Å². The van der Waals surface area contributed by atoms with Gasteiger partial charge < -0.3 is 14.2 Å². The van der Waals surface area contributed by atoms with E-state index in [-0.39, 0.29) is 24.2 Å². The Hall–Kier alpha value is -3.42. The summed E-state index contributed by atoms with van der Waals surface area (Å²) in [6.45, 7) is 2.16. The third-order valence-corrected chi connectivity index (χ3v) is 4.74. The third-order valence-electron chi connectivity index (χ3n) is 4.74. The predicted molar refractivity (Wildman–Crippen MR) is 101 cm³/mol. The molecule has 0 aliphatic carbocycles. The summed E-state index contributed by atoms with van der Waals surface area (Å²) in [7, 11) is 0. The largest absolute Gasteiger partial charge is 0.437 e. The maximum atomic E-state index is 13.1. The lowest BCUT2D eigenvalue weighted by Crippen LogP contribution is -2.50. The number of benzene rings is 2. The Morgan fingerprint density at radius 3 is 2.36 bits per heavy atom. The molecule has 0 atom stereocenters. The minimum Gasteiger partial charge on any atom is -0.388 e. The van der Waals surface area contributed by atoms with E-state index >= 15 is 0 Å². The SMILES string of the molecule is O=C(Cn1nc(-c2ccccc2)oc1=O)N1CCN(c2ccc(F)cc2)CC1. The average Bonchev–Trinajstić information content (AvgIpc) is 3.10. The minimum absolute atomic E-state index is 0.161. The molecular weight excluding hydrogens is 363 g/mol. The smallest absolute Gasteiger partial charge is 0.388 e. The van der Waals surface area contributed by atoms with Crippen molar-refractivity contribution in [2.24, 2.45) is 0 Å². The fourth-order valence-corrected chi connectivity index (χ4v) is 3.20. The second-order valence-corrected chi connectivity index (χ2v) is 6.54. The van der Waals surface area contributed by atoms with Crippen molar-refractivity contribution in [3.63, 3.8) is 0 Å². The third kappa shape index (κ3) is 3.80. The van der Waals surface area contributed by atoms with E-state index in [9.17, 15) is 14.0 Å². The van der Waals surface area contributed by atoms with Gasteiger partial charge >= 0.3 is 5.76 Å². The Balaban J connectivity index is 1.38. The molecule has 7 nitrogen and oxygen atoms in total. The highest BCUT2D eigenvalue weighted by molar-refractivity contribution is 5.76. The lowest BCUT2D eigenvalue weighted by molar-refractivity contribution is -0.132. The highest BCUT2D eigenvalue weighted by atomic mass is 19.1. The van der Waals surface area contributed by atoms with E-state index < -0.39 is 5.76 Å². The van der Waals surface area contributed by atoms with Gasteiger partial charge in [-0.3, -0.25) is 4.79 Å². The molecule has 4 rings (SSSR count). The van der Waals surface area contributed by atoms with E-state index in [4.69, 9.17) is 4.42 Å². The predicted octanol–water partition coefficient (Wildman–Crippen LogP) is 1.99. The quantitative estimate of drug-likeness (QED) is 0.690. The van der Waals surface area contributed by atoms with Crippen molar-refractivity contribution in [1.82, 2.24) is 14.7 Å². The van der Waals surface area contributed by atoms with Gasteiger partial charge in [-0.05, 0) is 36.4 Å². The molecule has 2 aromatic carbocycles. The average molecular weight is 382 g/mol. The molecule has 0 bridgehead atoms. The van der Waals surface area contributed by atoms with Crippen LogP contribution in [0.1, 0.15) is 0 Å². The summed E-state index contributed by atoms with van der Waals surface area (Å²) in [4.78, 5) is 28.4. The fourth-order valence-electron chi connectivity index (χ4n) is 3.20. The van der Waals surface area contributed by atoms with Gasteiger partial charge in [-0.15, -0.1) is 5.10 Å². The number of aromatic nitrogens is 2. The van der Waals surface area contributed by atoms with Crippen molar-refractivity contribution >= 4 is 11.6 Å². The number of rotatable bonds is 4. The first-order chi connectivity index (χ1) is 13.6. The van der Waals surface area contributed by atoms with Crippen LogP contribution >= 0.6 is 0 Å². The maximum absolute atomic E-state index is 13.1. The van der Waals surface area contributed by atoms with E-state index in [1.807, 2.05) is 18.2 Å². The van der Waals surface area contributed by atoms with E-state index in [1.54, 1.807) is 29.2 Å². The molecule has 0 radical (unpaired) electrons. The Morgan fingerprint density at radius 1 is 1.00 bits per heavy atom. The van der Waals surface area contributed by atoms with Gasteiger partial charge in [-0.2, -0.15) is 4.68 Å². The lowest BCUT2D eigenvalue weighted by Gasteiger charge is -2.36. The van der Waals surface area contributed by atoms with E-state index in [0.717, 1.165) is 10.4 Å². The van der Waals surface area contributed by atoms with Gasteiger partial charge in [0, 0.05) is 37.4 Å². The molecule has 28 heavy (non-hydrogen) atoms. The van der Waals surface area contributed by atoms with Gasteiger partial charge in [0.05, 0.1) is 0 Å². The number of carbonyl (C=O) groups is 1. The van der Waals surface area contributed by atoms with Crippen molar-refractivity contribution in [2.45, 2.75) is 6.54 Å². The standard InChI is InChI=1S/C20H19FN4O3/c21-16-6-8-17(9-7-16)23-10-12-24(13-11-23)18(26)14-25-20(27)28-19(22-25)15-4-2-1-3-5-15/h1-9H,10-14H2. The molecule has 8 heteroatoms. The zero-order valence-corrected chi connectivity index (χ0v) is 15.1. The molecule has 1 fully saturated rings. The second kappa shape index (κ2) is 7.67. The second-order valence-electron chi connectivity index (χ2n) is 6.54. The number of piperazine rings is 1. The number of hydrogen-bond acceptors (Lipinski definition) is 5. The lowest BCUT2D eigenvalue weighted by atomic mass is 10.2. The first kappa shape index (κ1) is 18.0. The van der Waals surface area contributed by atoms with Crippen molar-refractivity contribution in [3.8, 4) is 11.5 Å². The first-order valence-electron chi connectivity index (χ1n) is 9.02. The summed E-state index contributed by atoms with van der Waals surface area (Å²) in [6.07, 6.45) is 0. The molecule has 2 heterocycles. The summed E-state index contributed by atoms with van der Waals surface area (Å²) in [5.74, 6) is -0.920. The van der Waals surface area contributed by atoms with Crippen LogP contribution in [0.25, 0.3) is 11.5 Å². The fraction of sp³-hybridized carbons (Fsp3) is 0.250. The molecule has 0 unspecified atom stereocenters. The molecule has 1 aliphatic heterocycles. The molecule has 0 saturated carbocycles. The van der Waals surface area contributed by atoms with Crippen LogP contribution in [-0.4, -0.2) is 46.8 Å². The molecule has 1 aromatic heterocycles. The van der Waals surface area contributed by atoms with Crippen LogP contribution in [-0.2, 0) is 11.3 Å². The van der Waals surface area contributed by atoms with Crippen LogP contribution in [0.2, 0.25) is 0 Å². The summed E-state index contributed by atoms with van der Waals surface area (Å²) >= 11 is 0. The normalized spacial score (nSPS) is 14.3. The van der Waals surface area contributed by atoms with E-state index in [0.29, 0.717) is 31.7 Å². The van der Waals surface area contributed by atoms with Crippen molar-refractivity contribution in [2.75, 3.05) is 31.1 Å².